The van der Waals surface area contributed by atoms with E-state index in [9.17, 15) is 9.59 Å². The molecule has 0 aliphatic carbocycles. The number of anilines is 1. The number of benzene rings is 3. The second-order valence-corrected chi connectivity index (χ2v) is 8.54. The van der Waals surface area contributed by atoms with Gasteiger partial charge >= 0.3 is 11.8 Å². The molecule has 0 saturated carbocycles. The molecule has 0 aliphatic rings. The van der Waals surface area contributed by atoms with Gasteiger partial charge in [-0.1, -0.05) is 30.3 Å². The van der Waals surface area contributed by atoms with E-state index in [4.69, 9.17) is 4.74 Å². The Bertz CT molecular complexity index is 1420. The molecule has 4 rings (SSSR count). The third kappa shape index (κ3) is 5.70. The maximum absolute atomic E-state index is 12.3. The quantitative estimate of drug-likeness (QED) is 0.214. The van der Waals surface area contributed by atoms with Crippen LogP contribution in [-0.4, -0.2) is 22.6 Å². The number of ether oxygens (including phenoxy) is 1. The second kappa shape index (κ2) is 10.7. The first kappa shape index (κ1) is 24.5. The largest absolute Gasteiger partial charge is 0.457 e. The number of hydrogen-bond acceptors (Lipinski definition) is 4. The normalized spacial score (nSPS) is 10.9. The molecule has 7 heteroatoms. The second-order valence-electron chi connectivity index (χ2n) is 8.54. The molecular weight excluding hydrogens is 452 g/mol. The van der Waals surface area contributed by atoms with E-state index in [-0.39, 0.29) is 0 Å². The number of hydrogen-bond donors (Lipinski definition) is 2. The zero-order chi connectivity index (χ0) is 25.7. The number of carbonyl (C=O) groups is 2. The highest BCUT2D eigenvalue weighted by Gasteiger charge is 2.14. The molecule has 1 aromatic heterocycles. The zero-order valence-corrected chi connectivity index (χ0v) is 20.7. The Morgan fingerprint density at radius 1 is 0.833 bits per heavy atom. The number of para-hydroxylation sites is 1. The SMILES string of the molecule is Cc1ccc(C)c(-n2c(C)cc(/C=N\NC(=O)C(=O)Nc3ccc(Oc4ccccc4)cc3)c2C)c1. The van der Waals surface area contributed by atoms with Crippen molar-refractivity contribution in [1.82, 2.24) is 9.99 Å². The summed E-state index contributed by atoms with van der Waals surface area (Å²) in [6, 6.07) is 24.4. The van der Waals surface area contributed by atoms with Gasteiger partial charge in [-0.3, -0.25) is 9.59 Å². The Balaban J connectivity index is 1.36. The van der Waals surface area contributed by atoms with Crippen molar-refractivity contribution in [3.8, 4) is 17.2 Å². The number of aromatic nitrogens is 1. The van der Waals surface area contributed by atoms with E-state index >= 15 is 0 Å². The van der Waals surface area contributed by atoms with Crippen LogP contribution in [0.4, 0.5) is 5.69 Å². The van der Waals surface area contributed by atoms with E-state index in [1.54, 1.807) is 30.5 Å². The monoisotopic (exact) mass is 480 g/mol. The molecule has 0 fully saturated rings. The number of amides is 2. The summed E-state index contributed by atoms with van der Waals surface area (Å²) in [5.41, 5.74) is 9.09. The summed E-state index contributed by atoms with van der Waals surface area (Å²) < 4.78 is 7.88. The average molecular weight is 481 g/mol. The van der Waals surface area contributed by atoms with Gasteiger partial charge in [0.15, 0.2) is 0 Å². The molecule has 2 N–H and O–H groups in total. The van der Waals surface area contributed by atoms with E-state index in [2.05, 4.69) is 52.5 Å². The third-order valence-corrected chi connectivity index (χ3v) is 5.74. The summed E-state index contributed by atoms with van der Waals surface area (Å²) in [7, 11) is 0. The molecule has 0 atom stereocenters. The summed E-state index contributed by atoms with van der Waals surface area (Å²) >= 11 is 0. The molecule has 2 amide bonds. The van der Waals surface area contributed by atoms with Crippen molar-refractivity contribution in [3.05, 3.63) is 107 Å². The molecule has 0 aliphatic heterocycles. The highest BCUT2D eigenvalue weighted by atomic mass is 16.5. The Morgan fingerprint density at radius 2 is 1.53 bits per heavy atom. The minimum absolute atomic E-state index is 0.469. The lowest BCUT2D eigenvalue weighted by molar-refractivity contribution is -0.136. The summed E-state index contributed by atoms with van der Waals surface area (Å²) in [6.45, 7) is 8.15. The maximum Gasteiger partial charge on any atom is 0.329 e. The van der Waals surface area contributed by atoms with Gasteiger partial charge < -0.3 is 14.6 Å². The minimum atomic E-state index is -0.862. The summed E-state index contributed by atoms with van der Waals surface area (Å²) in [6.07, 6.45) is 1.55. The van der Waals surface area contributed by atoms with Crippen LogP contribution in [0.3, 0.4) is 0 Å². The van der Waals surface area contributed by atoms with Gasteiger partial charge in [0.25, 0.3) is 0 Å². The third-order valence-electron chi connectivity index (χ3n) is 5.74. The molecule has 0 saturated heterocycles. The van der Waals surface area contributed by atoms with Crippen molar-refractivity contribution < 1.29 is 14.3 Å². The predicted molar refractivity (Wildman–Crippen MR) is 142 cm³/mol. The van der Waals surface area contributed by atoms with Gasteiger partial charge in [0, 0.05) is 28.3 Å². The molecule has 0 spiro atoms. The number of carbonyl (C=O) groups excluding carboxylic acids is 2. The van der Waals surface area contributed by atoms with Crippen LogP contribution in [0.2, 0.25) is 0 Å². The van der Waals surface area contributed by atoms with Gasteiger partial charge in [-0.25, -0.2) is 5.43 Å². The average Bonchev–Trinajstić information content (AvgIpc) is 3.15. The van der Waals surface area contributed by atoms with Gasteiger partial charge in [0.2, 0.25) is 0 Å². The van der Waals surface area contributed by atoms with Crippen molar-refractivity contribution in [3.63, 3.8) is 0 Å². The molecular formula is C29H28N4O3. The van der Waals surface area contributed by atoms with Gasteiger partial charge in [0.1, 0.15) is 11.5 Å². The first-order valence-corrected chi connectivity index (χ1v) is 11.6. The van der Waals surface area contributed by atoms with E-state index in [1.165, 1.54) is 5.56 Å². The number of aryl methyl sites for hydroxylation is 3. The Morgan fingerprint density at radius 3 is 2.25 bits per heavy atom. The molecule has 0 radical (unpaired) electrons. The predicted octanol–water partition coefficient (Wildman–Crippen LogP) is 5.59. The van der Waals surface area contributed by atoms with E-state index in [1.807, 2.05) is 50.2 Å². The van der Waals surface area contributed by atoms with Crippen LogP contribution in [0.25, 0.3) is 5.69 Å². The smallest absolute Gasteiger partial charge is 0.329 e. The lowest BCUT2D eigenvalue weighted by Gasteiger charge is -2.13. The fourth-order valence-electron chi connectivity index (χ4n) is 3.88. The maximum atomic E-state index is 12.3. The van der Waals surface area contributed by atoms with Gasteiger partial charge in [-0.2, -0.15) is 5.10 Å². The summed E-state index contributed by atoms with van der Waals surface area (Å²) in [4.78, 5) is 24.5. The summed E-state index contributed by atoms with van der Waals surface area (Å²) in [5, 5.41) is 6.55. The van der Waals surface area contributed by atoms with Crippen LogP contribution in [0, 0.1) is 27.7 Å². The van der Waals surface area contributed by atoms with E-state index in [0.717, 1.165) is 28.2 Å². The lowest BCUT2D eigenvalue weighted by Crippen LogP contribution is -2.32. The number of nitrogens with one attached hydrogen (secondary N) is 2. The minimum Gasteiger partial charge on any atom is -0.457 e. The number of rotatable bonds is 6. The Hall–Kier alpha value is -4.65. The fourth-order valence-corrected chi connectivity index (χ4v) is 3.88. The Labute approximate surface area is 210 Å². The summed E-state index contributed by atoms with van der Waals surface area (Å²) in [5.74, 6) is -0.350. The van der Waals surface area contributed by atoms with Crippen LogP contribution >= 0.6 is 0 Å². The van der Waals surface area contributed by atoms with Crippen LogP contribution < -0.4 is 15.5 Å². The zero-order valence-electron chi connectivity index (χ0n) is 20.7. The van der Waals surface area contributed by atoms with Crippen molar-refractivity contribution in [1.29, 1.82) is 0 Å². The lowest BCUT2D eigenvalue weighted by atomic mass is 10.1. The first-order chi connectivity index (χ1) is 17.3. The van der Waals surface area contributed by atoms with Crippen molar-refractivity contribution in [2.24, 2.45) is 5.10 Å². The van der Waals surface area contributed by atoms with Gasteiger partial charge in [0.05, 0.1) is 6.21 Å². The molecule has 36 heavy (non-hydrogen) atoms. The van der Waals surface area contributed by atoms with E-state index < -0.39 is 11.8 Å². The molecule has 182 valence electrons. The van der Waals surface area contributed by atoms with Crippen molar-refractivity contribution >= 4 is 23.7 Å². The molecule has 0 bridgehead atoms. The molecule has 0 unspecified atom stereocenters. The highest BCUT2D eigenvalue weighted by molar-refractivity contribution is 6.39. The highest BCUT2D eigenvalue weighted by Crippen LogP contribution is 2.24. The topological polar surface area (TPSA) is 84.7 Å². The first-order valence-electron chi connectivity index (χ1n) is 11.6. The number of nitrogens with zero attached hydrogens (tertiary/aromatic N) is 2. The molecule has 3 aromatic carbocycles. The molecule has 4 aromatic rings. The molecule has 7 nitrogen and oxygen atoms in total. The standard InChI is InChI=1S/C29H28N4O3/c1-19-10-11-20(2)27(16-19)33-21(3)17-23(22(33)4)18-30-32-29(35)28(34)31-24-12-14-26(15-13-24)36-25-8-6-5-7-9-25/h5-18H,1-4H3,(H,31,34)(H,32,35)/b30-18-. The number of hydrazone groups is 1. The van der Waals surface area contributed by atoms with Gasteiger partial charge in [-0.15, -0.1) is 0 Å². The van der Waals surface area contributed by atoms with Gasteiger partial charge in [-0.05, 0) is 87.4 Å². The van der Waals surface area contributed by atoms with Crippen LogP contribution in [0.15, 0.2) is 84.0 Å². The van der Waals surface area contributed by atoms with Crippen LogP contribution in [-0.2, 0) is 9.59 Å². The van der Waals surface area contributed by atoms with Crippen molar-refractivity contribution in [2.75, 3.05) is 5.32 Å². The fraction of sp³-hybridized carbons (Fsp3) is 0.138. The molecule has 1 heterocycles. The van der Waals surface area contributed by atoms with Crippen LogP contribution in [0.1, 0.15) is 28.1 Å². The Kier molecular flexibility index (Phi) is 7.30. The van der Waals surface area contributed by atoms with Crippen LogP contribution in [0.5, 0.6) is 11.5 Å². The van der Waals surface area contributed by atoms with Crippen molar-refractivity contribution in [2.45, 2.75) is 27.7 Å². The van der Waals surface area contributed by atoms with E-state index in [0.29, 0.717) is 17.2 Å².